The highest BCUT2D eigenvalue weighted by atomic mass is 32.2. The third kappa shape index (κ3) is 4.26. The van der Waals surface area contributed by atoms with Crippen molar-refractivity contribution in [3.05, 3.63) is 82.9 Å². The van der Waals surface area contributed by atoms with Gasteiger partial charge in [-0.1, -0.05) is 59.3 Å². The van der Waals surface area contributed by atoms with Crippen LogP contribution in [0.3, 0.4) is 0 Å². The van der Waals surface area contributed by atoms with Gasteiger partial charge in [0.05, 0.1) is 5.69 Å². The Morgan fingerprint density at radius 1 is 1.03 bits per heavy atom. The third-order valence-electron chi connectivity index (χ3n) is 5.77. The van der Waals surface area contributed by atoms with Crippen LogP contribution in [0.4, 0.5) is 5.69 Å². The van der Waals surface area contributed by atoms with Crippen LogP contribution in [-0.4, -0.2) is 24.5 Å². The molecule has 3 aromatic rings. The standard InChI is InChI=1S/C25H27N5OS/c1-17-10-12-19(13-11-17)21-7-5-9-24(18(21)2)32-16-22-20(14-26)6-4-8-23(22)30-25(15-31)29(3)27-28-30/h4-13,15,25H,14,16,26H2,1-3H3. The Kier molecular flexibility index (Phi) is 6.58. The summed E-state index contributed by atoms with van der Waals surface area (Å²) in [7, 11) is 1.74. The van der Waals surface area contributed by atoms with E-state index in [1.165, 1.54) is 27.1 Å². The molecule has 0 aliphatic carbocycles. The van der Waals surface area contributed by atoms with Crippen LogP contribution in [0.2, 0.25) is 0 Å². The maximum atomic E-state index is 11.7. The van der Waals surface area contributed by atoms with Gasteiger partial charge in [-0.3, -0.25) is 4.79 Å². The molecule has 0 saturated heterocycles. The van der Waals surface area contributed by atoms with Crippen LogP contribution in [-0.2, 0) is 17.1 Å². The molecule has 0 fully saturated rings. The SMILES string of the molecule is Cc1ccc(-c2cccc(SCc3c(CN)cccc3N3N=NN(C)C3C=O)c2C)cc1. The molecule has 1 heterocycles. The van der Waals surface area contributed by atoms with Crippen molar-refractivity contribution in [2.75, 3.05) is 12.1 Å². The Bertz CT molecular complexity index is 1150. The molecule has 32 heavy (non-hydrogen) atoms. The average Bonchev–Trinajstić information content (AvgIpc) is 3.19. The minimum absolute atomic E-state index is 0.415. The number of nitrogens with two attached hydrogens (primary N) is 1. The van der Waals surface area contributed by atoms with E-state index in [0.29, 0.717) is 12.3 Å². The lowest BCUT2D eigenvalue weighted by atomic mass is 10.00. The molecule has 3 aromatic carbocycles. The van der Waals surface area contributed by atoms with Crippen molar-refractivity contribution in [1.82, 2.24) is 5.01 Å². The second kappa shape index (κ2) is 9.54. The molecular weight excluding hydrogens is 418 g/mol. The predicted molar refractivity (Wildman–Crippen MR) is 130 cm³/mol. The van der Waals surface area contributed by atoms with Crippen molar-refractivity contribution in [2.24, 2.45) is 16.2 Å². The van der Waals surface area contributed by atoms with Gasteiger partial charge in [0.2, 0.25) is 0 Å². The van der Waals surface area contributed by atoms with Crippen LogP contribution in [0.1, 0.15) is 22.3 Å². The molecule has 0 saturated carbocycles. The summed E-state index contributed by atoms with van der Waals surface area (Å²) in [5, 5.41) is 11.5. The zero-order valence-corrected chi connectivity index (χ0v) is 19.3. The molecule has 0 spiro atoms. The summed E-state index contributed by atoms with van der Waals surface area (Å²) < 4.78 is 0. The van der Waals surface area contributed by atoms with E-state index >= 15 is 0 Å². The van der Waals surface area contributed by atoms with Crippen LogP contribution >= 0.6 is 11.8 Å². The predicted octanol–water partition coefficient (Wildman–Crippen LogP) is 5.28. The fourth-order valence-electron chi connectivity index (χ4n) is 3.87. The van der Waals surface area contributed by atoms with Gasteiger partial charge in [-0.25, -0.2) is 10.0 Å². The van der Waals surface area contributed by atoms with E-state index in [4.69, 9.17) is 5.73 Å². The molecule has 1 unspecified atom stereocenters. The first-order chi connectivity index (χ1) is 15.5. The number of thioether (sulfide) groups is 1. The largest absolute Gasteiger partial charge is 0.326 e. The van der Waals surface area contributed by atoms with Gasteiger partial charge in [-0.05, 0) is 59.0 Å². The maximum Gasteiger partial charge on any atom is 0.197 e. The number of nitrogens with zero attached hydrogens (tertiary/aromatic N) is 4. The summed E-state index contributed by atoms with van der Waals surface area (Å²) in [6, 6.07) is 21.0. The van der Waals surface area contributed by atoms with Crippen molar-refractivity contribution in [1.29, 1.82) is 0 Å². The van der Waals surface area contributed by atoms with Gasteiger partial charge in [-0.2, -0.15) is 0 Å². The molecule has 2 N–H and O–H groups in total. The number of hydrogen-bond donors (Lipinski definition) is 1. The number of carbonyl (C=O) groups excluding carboxylic acids is 1. The first-order valence-electron chi connectivity index (χ1n) is 10.5. The summed E-state index contributed by atoms with van der Waals surface area (Å²) in [5.74, 6) is 0.711. The monoisotopic (exact) mass is 445 g/mol. The second-order valence-corrected chi connectivity index (χ2v) is 8.87. The molecule has 4 rings (SSSR count). The lowest BCUT2D eigenvalue weighted by Crippen LogP contribution is -2.38. The summed E-state index contributed by atoms with van der Waals surface area (Å²) in [6.45, 7) is 4.68. The van der Waals surface area contributed by atoms with Crippen molar-refractivity contribution in [2.45, 2.75) is 37.2 Å². The maximum absolute atomic E-state index is 11.7. The van der Waals surface area contributed by atoms with E-state index in [1.54, 1.807) is 28.8 Å². The van der Waals surface area contributed by atoms with Crippen molar-refractivity contribution >= 4 is 23.7 Å². The third-order valence-corrected chi connectivity index (χ3v) is 6.95. The number of likely N-dealkylation sites (N-methyl/N-ethyl adjacent to an activating group) is 1. The van der Waals surface area contributed by atoms with Crippen LogP contribution in [0.25, 0.3) is 11.1 Å². The average molecular weight is 446 g/mol. The number of benzene rings is 3. The quantitative estimate of drug-likeness (QED) is 0.396. The highest BCUT2D eigenvalue weighted by Gasteiger charge is 2.30. The van der Waals surface area contributed by atoms with Gasteiger partial charge in [0, 0.05) is 24.2 Å². The van der Waals surface area contributed by atoms with E-state index in [0.717, 1.165) is 23.1 Å². The molecule has 164 valence electrons. The molecule has 0 radical (unpaired) electrons. The lowest BCUT2D eigenvalue weighted by Gasteiger charge is -2.24. The van der Waals surface area contributed by atoms with E-state index in [2.05, 4.69) is 66.8 Å². The topological polar surface area (TPSA) is 74.3 Å². The molecule has 6 nitrogen and oxygen atoms in total. The molecule has 1 atom stereocenters. The molecular formula is C25H27N5OS. The Morgan fingerprint density at radius 2 is 1.78 bits per heavy atom. The minimum Gasteiger partial charge on any atom is -0.326 e. The highest BCUT2D eigenvalue weighted by Crippen LogP contribution is 2.37. The van der Waals surface area contributed by atoms with Crippen LogP contribution in [0, 0.1) is 13.8 Å². The Morgan fingerprint density at radius 3 is 2.50 bits per heavy atom. The lowest BCUT2D eigenvalue weighted by molar-refractivity contribution is -0.111. The van der Waals surface area contributed by atoms with Crippen molar-refractivity contribution < 1.29 is 4.79 Å². The Balaban J connectivity index is 1.65. The van der Waals surface area contributed by atoms with Gasteiger partial charge < -0.3 is 5.73 Å². The first kappa shape index (κ1) is 22.0. The molecule has 0 bridgehead atoms. The van der Waals surface area contributed by atoms with E-state index in [9.17, 15) is 4.79 Å². The minimum atomic E-state index is -0.557. The normalized spacial score (nSPS) is 15.4. The van der Waals surface area contributed by atoms with E-state index in [-0.39, 0.29) is 0 Å². The van der Waals surface area contributed by atoms with E-state index < -0.39 is 6.17 Å². The number of carbonyl (C=O) groups is 1. The molecule has 0 aromatic heterocycles. The number of aryl methyl sites for hydroxylation is 1. The van der Waals surface area contributed by atoms with Crippen molar-refractivity contribution in [3.8, 4) is 11.1 Å². The van der Waals surface area contributed by atoms with Gasteiger partial charge >= 0.3 is 0 Å². The van der Waals surface area contributed by atoms with Crippen LogP contribution < -0.4 is 10.7 Å². The molecule has 1 aliphatic rings. The van der Waals surface area contributed by atoms with Crippen LogP contribution in [0.5, 0.6) is 0 Å². The van der Waals surface area contributed by atoms with Crippen molar-refractivity contribution in [3.63, 3.8) is 0 Å². The molecule has 1 aliphatic heterocycles. The van der Waals surface area contributed by atoms with Gasteiger partial charge in [-0.15, -0.1) is 11.8 Å². The number of hydrogen-bond acceptors (Lipinski definition) is 7. The number of anilines is 1. The number of rotatable bonds is 7. The van der Waals surface area contributed by atoms with Gasteiger partial charge in [0.15, 0.2) is 12.5 Å². The Hall–Kier alpha value is -3.16. The summed E-state index contributed by atoms with van der Waals surface area (Å²) in [6.07, 6.45) is 0.291. The smallest absolute Gasteiger partial charge is 0.197 e. The highest BCUT2D eigenvalue weighted by molar-refractivity contribution is 7.98. The summed E-state index contributed by atoms with van der Waals surface area (Å²) >= 11 is 1.77. The van der Waals surface area contributed by atoms with Gasteiger partial charge in [0.1, 0.15) is 0 Å². The first-order valence-corrected chi connectivity index (χ1v) is 11.5. The second-order valence-electron chi connectivity index (χ2n) is 7.85. The summed E-state index contributed by atoms with van der Waals surface area (Å²) in [4.78, 5) is 12.9. The van der Waals surface area contributed by atoms with Crippen LogP contribution in [0.15, 0.2) is 76.0 Å². The fraction of sp³-hybridized carbons (Fsp3) is 0.240. The van der Waals surface area contributed by atoms with Gasteiger partial charge in [0.25, 0.3) is 0 Å². The zero-order chi connectivity index (χ0) is 22.7. The molecule has 0 amide bonds. The Labute approximate surface area is 193 Å². The fourth-order valence-corrected chi connectivity index (χ4v) is 5.00. The molecule has 7 heteroatoms. The zero-order valence-electron chi connectivity index (χ0n) is 18.5. The number of aldehydes is 1. The summed E-state index contributed by atoms with van der Waals surface area (Å²) in [5.41, 5.74) is 14.0. The van der Waals surface area contributed by atoms with E-state index in [1.807, 2.05) is 18.2 Å².